The predicted molar refractivity (Wildman–Crippen MR) is 60.5 cm³/mol. The fraction of sp³-hybridized carbons (Fsp3) is 0.833. The van der Waals surface area contributed by atoms with E-state index in [1.807, 2.05) is 0 Å². The SMILES string of the molecule is CC1(C(=O)O)CCCN1C(=O)C1CCOCC1. The van der Waals surface area contributed by atoms with Crippen LogP contribution in [0.25, 0.3) is 0 Å². The van der Waals surface area contributed by atoms with Crippen molar-refractivity contribution in [1.29, 1.82) is 0 Å². The minimum absolute atomic E-state index is 0.00398. The number of hydrogen-bond acceptors (Lipinski definition) is 3. The predicted octanol–water partition coefficient (Wildman–Crippen LogP) is 0.879. The Kier molecular flexibility index (Phi) is 3.38. The van der Waals surface area contributed by atoms with Crippen molar-refractivity contribution in [2.24, 2.45) is 5.92 Å². The van der Waals surface area contributed by atoms with Gasteiger partial charge in [-0.05, 0) is 32.6 Å². The van der Waals surface area contributed by atoms with Crippen molar-refractivity contribution >= 4 is 11.9 Å². The zero-order chi connectivity index (χ0) is 12.5. The molecule has 0 saturated carbocycles. The molecule has 2 heterocycles. The second-order valence-corrected chi connectivity index (χ2v) is 5.06. The lowest BCUT2D eigenvalue weighted by atomic mass is 9.94. The Hall–Kier alpha value is -1.10. The Balaban J connectivity index is 2.10. The highest BCUT2D eigenvalue weighted by atomic mass is 16.5. The summed E-state index contributed by atoms with van der Waals surface area (Å²) in [6.07, 6.45) is 2.76. The maximum Gasteiger partial charge on any atom is 0.329 e. The Morgan fingerprint density at radius 3 is 2.59 bits per heavy atom. The summed E-state index contributed by atoms with van der Waals surface area (Å²) in [6.45, 7) is 3.43. The minimum Gasteiger partial charge on any atom is -0.480 e. The topological polar surface area (TPSA) is 66.8 Å². The second-order valence-electron chi connectivity index (χ2n) is 5.06. The number of rotatable bonds is 2. The van der Waals surface area contributed by atoms with Gasteiger partial charge in [0.25, 0.3) is 0 Å². The number of likely N-dealkylation sites (tertiary alicyclic amines) is 1. The molecule has 1 unspecified atom stereocenters. The van der Waals surface area contributed by atoms with Crippen LogP contribution in [0.2, 0.25) is 0 Å². The molecule has 0 aromatic rings. The van der Waals surface area contributed by atoms with E-state index in [2.05, 4.69) is 0 Å². The van der Waals surface area contributed by atoms with Crippen LogP contribution < -0.4 is 0 Å². The molecular weight excluding hydrogens is 222 g/mol. The molecule has 96 valence electrons. The van der Waals surface area contributed by atoms with Gasteiger partial charge in [-0.3, -0.25) is 4.79 Å². The number of carbonyl (C=O) groups excluding carboxylic acids is 1. The quantitative estimate of drug-likeness (QED) is 0.779. The highest BCUT2D eigenvalue weighted by Crippen LogP contribution is 2.32. The molecule has 0 spiro atoms. The molecule has 5 nitrogen and oxygen atoms in total. The average Bonchev–Trinajstić information content (AvgIpc) is 2.73. The first-order valence-electron chi connectivity index (χ1n) is 6.18. The third-order valence-corrected chi connectivity index (χ3v) is 3.94. The molecule has 1 atom stereocenters. The van der Waals surface area contributed by atoms with E-state index in [4.69, 9.17) is 4.74 Å². The molecule has 0 aliphatic carbocycles. The van der Waals surface area contributed by atoms with E-state index in [9.17, 15) is 14.7 Å². The van der Waals surface area contributed by atoms with Gasteiger partial charge in [0.15, 0.2) is 0 Å². The largest absolute Gasteiger partial charge is 0.480 e. The van der Waals surface area contributed by atoms with Crippen LogP contribution in [0.3, 0.4) is 0 Å². The highest BCUT2D eigenvalue weighted by molar-refractivity contribution is 5.88. The van der Waals surface area contributed by atoms with E-state index in [1.165, 1.54) is 0 Å². The standard InChI is InChI=1S/C12H19NO4/c1-12(11(15)16)5-2-6-13(12)10(14)9-3-7-17-8-4-9/h9H,2-8H2,1H3,(H,15,16). The lowest BCUT2D eigenvalue weighted by Crippen LogP contribution is -2.53. The van der Waals surface area contributed by atoms with Gasteiger partial charge >= 0.3 is 5.97 Å². The molecule has 2 fully saturated rings. The molecule has 0 aromatic heterocycles. The van der Waals surface area contributed by atoms with Crippen LogP contribution in [-0.2, 0) is 14.3 Å². The number of amides is 1. The van der Waals surface area contributed by atoms with Crippen LogP contribution >= 0.6 is 0 Å². The Bertz CT molecular complexity index is 324. The van der Waals surface area contributed by atoms with Gasteiger partial charge < -0.3 is 14.7 Å². The van der Waals surface area contributed by atoms with Crippen molar-refractivity contribution in [1.82, 2.24) is 4.90 Å². The molecule has 0 radical (unpaired) electrons. The Labute approximate surface area is 101 Å². The van der Waals surface area contributed by atoms with Crippen LogP contribution in [0, 0.1) is 5.92 Å². The molecule has 1 N–H and O–H groups in total. The Morgan fingerprint density at radius 1 is 1.35 bits per heavy atom. The van der Waals surface area contributed by atoms with Crippen LogP contribution in [0.1, 0.15) is 32.6 Å². The third-order valence-electron chi connectivity index (χ3n) is 3.94. The molecule has 2 aliphatic heterocycles. The number of nitrogens with zero attached hydrogens (tertiary/aromatic N) is 1. The van der Waals surface area contributed by atoms with E-state index in [0.717, 1.165) is 6.42 Å². The van der Waals surface area contributed by atoms with Gasteiger partial charge in [-0.15, -0.1) is 0 Å². The van der Waals surface area contributed by atoms with Gasteiger partial charge in [-0.25, -0.2) is 4.79 Å². The van der Waals surface area contributed by atoms with Gasteiger partial charge in [0.05, 0.1) is 0 Å². The number of carboxylic acid groups (broad SMARTS) is 1. The molecule has 0 aromatic carbocycles. The monoisotopic (exact) mass is 241 g/mol. The lowest BCUT2D eigenvalue weighted by molar-refractivity contribution is -0.158. The van der Waals surface area contributed by atoms with E-state index in [0.29, 0.717) is 39.0 Å². The summed E-state index contributed by atoms with van der Waals surface area (Å²) in [5.74, 6) is -0.952. The molecule has 2 saturated heterocycles. The molecule has 2 rings (SSSR count). The van der Waals surface area contributed by atoms with Crippen molar-refractivity contribution in [3.8, 4) is 0 Å². The van der Waals surface area contributed by atoms with Gasteiger partial charge in [0.1, 0.15) is 5.54 Å². The van der Waals surface area contributed by atoms with Crippen molar-refractivity contribution in [3.05, 3.63) is 0 Å². The zero-order valence-corrected chi connectivity index (χ0v) is 10.1. The summed E-state index contributed by atoms with van der Waals surface area (Å²) in [5.41, 5.74) is -1.00. The maximum atomic E-state index is 12.3. The van der Waals surface area contributed by atoms with Crippen molar-refractivity contribution in [3.63, 3.8) is 0 Å². The lowest BCUT2D eigenvalue weighted by Gasteiger charge is -2.35. The summed E-state index contributed by atoms with van der Waals surface area (Å²) >= 11 is 0. The summed E-state index contributed by atoms with van der Waals surface area (Å²) in [5, 5.41) is 9.27. The van der Waals surface area contributed by atoms with E-state index in [1.54, 1.807) is 11.8 Å². The summed E-state index contributed by atoms with van der Waals surface area (Å²) in [4.78, 5) is 25.2. The summed E-state index contributed by atoms with van der Waals surface area (Å²) < 4.78 is 5.22. The van der Waals surface area contributed by atoms with Crippen LogP contribution in [0.15, 0.2) is 0 Å². The normalized spacial score (nSPS) is 30.5. The van der Waals surface area contributed by atoms with E-state index < -0.39 is 11.5 Å². The summed E-state index contributed by atoms with van der Waals surface area (Å²) in [7, 11) is 0. The van der Waals surface area contributed by atoms with Gasteiger partial charge in [-0.1, -0.05) is 0 Å². The number of carboxylic acids is 1. The zero-order valence-electron chi connectivity index (χ0n) is 10.1. The smallest absolute Gasteiger partial charge is 0.329 e. The molecule has 17 heavy (non-hydrogen) atoms. The minimum atomic E-state index is -1.00. The van der Waals surface area contributed by atoms with Crippen molar-refractivity contribution in [2.75, 3.05) is 19.8 Å². The molecular formula is C12H19NO4. The second kappa shape index (κ2) is 4.64. The fourth-order valence-electron chi connectivity index (χ4n) is 2.70. The van der Waals surface area contributed by atoms with Crippen molar-refractivity contribution in [2.45, 2.75) is 38.1 Å². The van der Waals surface area contributed by atoms with Gasteiger partial charge in [0.2, 0.25) is 5.91 Å². The van der Waals surface area contributed by atoms with Crippen LogP contribution in [-0.4, -0.2) is 47.2 Å². The summed E-state index contributed by atoms with van der Waals surface area (Å²) in [6, 6.07) is 0. The van der Waals surface area contributed by atoms with E-state index in [-0.39, 0.29) is 11.8 Å². The highest BCUT2D eigenvalue weighted by Gasteiger charge is 2.47. The third kappa shape index (κ3) is 2.16. The van der Waals surface area contributed by atoms with Crippen molar-refractivity contribution < 1.29 is 19.4 Å². The first-order valence-corrected chi connectivity index (χ1v) is 6.18. The Morgan fingerprint density at radius 2 is 2.00 bits per heavy atom. The van der Waals surface area contributed by atoms with Gasteiger partial charge in [-0.2, -0.15) is 0 Å². The molecule has 2 aliphatic rings. The molecule has 0 bridgehead atoms. The number of hydrogen-bond donors (Lipinski definition) is 1. The number of carbonyl (C=O) groups is 2. The molecule has 5 heteroatoms. The molecule has 1 amide bonds. The van der Waals surface area contributed by atoms with Crippen LogP contribution in [0.5, 0.6) is 0 Å². The van der Waals surface area contributed by atoms with Crippen LogP contribution in [0.4, 0.5) is 0 Å². The van der Waals surface area contributed by atoms with Gasteiger partial charge in [0, 0.05) is 25.7 Å². The first-order chi connectivity index (χ1) is 8.05. The average molecular weight is 241 g/mol. The first kappa shape index (κ1) is 12.4. The number of aliphatic carboxylic acids is 1. The van der Waals surface area contributed by atoms with E-state index >= 15 is 0 Å². The fourth-order valence-corrected chi connectivity index (χ4v) is 2.70. The number of ether oxygens (including phenoxy) is 1. The maximum absolute atomic E-state index is 12.3.